The third-order valence-corrected chi connectivity index (χ3v) is 3.13. The van der Waals surface area contributed by atoms with E-state index < -0.39 is 17.7 Å². The highest BCUT2D eigenvalue weighted by Gasteiger charge is 2.23. The Balaban J connectivity index is 2.55. The molecule has 0 aliphatic heterocycles. The van der Waals surface area contributed by atoms with Gasteiger partial charge in [0.15, 0.2) is 0 Å². The molecule has 0 radical (unpaired) electrons. The van der Waals surface area contributed by atoms with Crippen LogP contribution in [0.4, 0.5) is 8.78 Å². The van der Waals surface area contributed by atoms with E-state index in [0.717, 1.165) is 0 Å². The summed E-state index contributed by atoms with van der Waals surface area (Å²) in [4.78, 5) is 4.02. The Kier molecular flexibility index (Phi) is 3.46. The Morgan fingerprint density at radius 3 is 2.76 bits per heavy atom. The van der Waals surface area contributed by atoms with Crippen molar-refractivity contribution >= 4 is 11.3 Å². The number of thiazole rings is 1. The summed E-state index contributed by atoms with van der Waals surface area (Å²) in [7, 11) is 0. The van der Waals surface area contributed by atoms with Crippen LogP contribution in [0.2, 0.25) is 0 Å². The lowest BCUT2D eigenvalue weighted by molar-refractivity contribution is 0.502. The minimum Gasteiger partial charge on any atom is -0.271 e. The van der Waals surface area contributed by atoms with Crippen LogP contribution >= 0.6 is 11.3 Å². The van der Waals surface area contributed by atoms with Gasteiger partial charge in [0.25, 0.3) is 0 Å². The highest BCUT2D eigenvalue weighted by molar-refractivity contribution is 7.07. The van der Waals surface area contributed by atoms with Crippen LogP contribution in [-0.2, 0) is 0 Å². The van der Waals surface area contributed by atoms with Gasteiger partial charge in [-0.15, -0.1) is 11.3 Å². The van der Waals surface area contributed by atoms with Crippen molar-refractivity contribution in [3.63, 3.8) is 0 Å². The zero-order chi connectivity index (χ0) is 12.4. The average molecular weight is 255 g/mol. The lowest BCUT2D eigenvalue weighted by atomic mass is 10.0. The summed E-state index contributed by atoms with van der Waals surface area (Å²) in [5, 5.41) is 1.70. The molecule has 90 valence electrons. The molecule has 2 aromatic rings. The third kappa shape index (κ3) is 2.19. The number of halogens is 2. The van der Waals surface area contributed by atoms with E-state index in [1.54, 1.807) is 17.8 Å². The average Bonchev–Trinajstić information content (AvgIpc) is 2.83. The van der Waals surface area contributed by atoms with Crippen LogP contribution in [0.25, 0.3) is 0 Å². The Morgan fingerprint density at radius 1 is 1.41 bits per heavy atom. The maximum absolute atomic E-state index is 13.9. The number of hydrogen-bond donors (Lipinski definition) is 2. The minimum absolute atomic E-state index is 0.0987. The summed E-state index contributed by atoms with van der Waals surface area (Å²) in [6.45, 7) is 1.58. The zero-order valence-electron chi connectivity index (χ0n) is 9.08. The molecule has 3 N–H and O–H groups in total. The van der Waals surface area contributed by atoms with Gasteiger partial charge in [0.1, 0.15) is 11.6 Å². The van der Waals surface area contributed by atoms with Crippen molar-refractivity contribution in [1.82, 2.24) is 10.4 Å². The summed E-state index contributed by atoms with van der Waals surface area (Å²) in [5.41, 5.74) is 4.76. The fourth-order valence-corrected chi connectivity index (χ4v) is 2.20. The van der Waals surface area contributed by atoms with E-state index in [2.05, 4.69) is 10.4 Å². The van der Waals surface area contributed by atoms with E-state index in [1.807, 2.05) is 0 Å². The molecule has 0 aliphatic carbocycles. The molecule has 0 saturated carbocycles. The molecule has 1 atom stereocenters. The highest BCUT2D eigenvalue weighted by Crippen LogP contribution is 2.27. The molecule has 1 heterocycles. The lowest BCUT2D eigenvalue weighted by Crippen LogP contribution is -2.30. The molecule has 1 unspecified atom stereocenters. The largest absolute Gasteiger partial charge is 0.271 e. The van der Waals surface area contributed by atoms with Gasteiger partial charge in [-0.1, -0.05) is 6.07 Å². The number of hydrazine groups is 1. The van der Waals surface area contributed by atoms with E-state index in [9.17, 15) is 8.78 Å². The van der Waals surface area contributed by atoms with Crippen LogP contribution in [0.15, 0.2) is 23.0 Å². The molecule has 1 aromatic heterocycles. The van der Waals surface area contributed by atoms with Crippen molar-refractivity contribution in [2.24, 2.45) is 5.84 Å². The van der Waals surface area contributed by atoms with Gasteiger partial charge < -0.3 is 0 Å². The van der Waals surface area contributed by atoms with Gasteiger partial charge in [-0.05, 0) is 18.6 Å². The summed E-state index contributed by atoms with van der Waals surface area (Å²) in [6, 6.07) is 1.84. The quantitative estimate of drug-likeness (QED) is 0.653. The van der Waals surface area contributed by atoms with Crippen molar-refractivity contribution in [3.05, 3.63) is 51.5 Å². The van der Waals surface area contributed by atoms with Crippen LogP contribution in [0.3, 0.4) is 0 Å². The van der Waals surface area contributed by atoms with Gasteiger partial charge in [0.05, 0.1) is 17.2 Å². The van der Waals surface area contributed by atoms with Crippen molar-refractivity contribution in [1.29, 1.82) is 0 Å². The number of benzene rings is 1. The Bertz CT molecular complexity index is 514. The maximum atomic E-state index is 13.9. The second-order valence-corrected chi connectivity index (χ2v) is 4.32. The topological polar surface area (TPSA) is 50.9 Å². The smallest absolute Gasteiger partial charge is 0.134 e. The first-order valence-electron chi connectivity index (χ1n) is 4.94. The summed E-state index contributed by atoms with van der Waals surface area (Å²) in [6.07, 6.45) is 0. The number of nitrogens with zero attached hydrogens (tertiary/aromatic N) is 1. The first kappa shape index (κ1) is 12.1. The fraction of sp³-hybridized carbons (Fsp3) is 0.182. The van der Waals surface area contributed by atoms with Gasteiger partial charge in [-0.2, -0.15) is 0 Å². The van der Waals surface area contributed by atoms with Crippen LogP contribution < -0.4 is 11.3 Å². The van der Waals surface area contributed by atoms with E-state index in [1.165, 1.54) is 23.5 Å². The van der Waals surface area contributed by atoms with Gasteiger partial charge in [0.2, 0.25) is 0 Å². The van der Waals surface area contributed by atoms with Gasteiger partial charge in [-0.3, -0.25) is 5.84 Å². The maximum Gasteiger partial charge on any atom is 0.134 e. The van der Waals surface area contributed by atoms with E-state index in [-0.39, 0.29) is 5.56 Å². The van der Waals surface area contributed by atoms with Crippen molar-refractivity contribution in [2.75, 3.05) is 0 Å². The van der Waals surface area contributed by atoms with Crippen LogP contribution in [-0.4, -0.2) is 4.98 Å². The third-order valence-electron chi connectivity index (χ3n) is 2.52. The molecule has 0 spiro atoms. The zero-order valence-corrected chi connectivity index (χ0v) is 9.89. The van der Waals surface area contributed by atoms with Crippen molar-refractivity contribution in [2.45, 2.75) is 13.0 Å². The van der Waals surface area contributed by atoms with Crippen LogP contribution in [0.5, 0.6) is 0 Å². The molecule has 1 aromatic carbocycles. The van der Waals surface area contributed by atoms with E-state index >= 15 is 0 Å². The van der Waals surface area contributed by atoms with E-state index in [0.29, 0.717) is 11.3 Å². The molecular weight excluding hydrogens is 244 g/mol. The Hall–Kier alpha value is -1.37. The molecule has 0 aliphatic rings. The van der Waals surface area contributed by atoms with Crippen molar-refractivity contribution < 1.29 is 8.78 Å². The monoisotopic (exact) mass is 255 g/mol. The fourth-order valence-electron chi connectivity index (χ4n) is 1.62. The first-order chi connectivity index (χ1) is 8.15. The number of aromatic nitrogens is 1. The second-order valence-electron chi connectivity index (χ2n) is 3.60. The number of aryl methyl sites for hydroxylation is 1. The standard InChI is InChI=1S/C11H11F2N3S/c1-6-2-3-7(12)9(10(6)13)11(16-14)8-4-17-5-15-8/h2-5,11,16H,14H2,1H3. The van der Waals surface area contributed by atoms with Gasteiger partial charge >= 0.3 is 0 Å². The molecular formula is C11H11F2N3S. The second kappa shape index (κ2) is 4.87. The Labute approximate surface area is 101 Å². The lowest BCUT2D eigenvalue weighted by Gasteiger charge is -2.16. The number of rotatable bonds is 3. The molecule has 0 saturated heterocycles. The molecule has 0 amide bonds. The number of hydrogen-bond acceptors (Lipinski definition) is 4. The van der Waals surface area contributed by atoms with Crippen molar-refractivity contribution in [3.8, 4) is 0 Å². The highest BCUT2D eigenvalue weighted by atomic mass is 32.1. The van der Waals surface area contributed by atoms with E-state index in [4.69, 9.17) is 5.84 Å². The normalized spacial score (nSPS) is 12.7. The predicted octanol–water partition coefficient (Wildman–Crippen LogP) is 2.28. The summed E-state index contributed by atoms with van der Waals surface area (Å²) in [5.74, 6) is 4.13. The molecule has 2 rings (SSSR count). The SMILES string of the molecule is Cc1ccc(F)c(C(NN)c2cscn2)c1F. The molecule has 6 heteroatoms. The molecule has 3 nitrogen and oxygen atoms in total. The summed E-state index contributed by atoms with van der Waals surface area (Å²) < 4.78 is 27.6. The minimum atomic E-state index is -0.777. The molecule has 17 heavy (non-hydrogen) atoms. The van der Waals surface area contributed by atoms with Gasteiger partial charge in [-0.25, -0.2) is 19.2 Å². The number of nitrogens with one attached hydrogen (secondary N) is 1. The summed E-state index contributed by atoms with van der Waals surface area (Å²) >= 11 is 1.34. The van der Waals surface area contributed by atoms with Crippen LogP contribution in [0.1, 0.15) is 22.9 Å². The predicted molar refractivity (Wildman–Crippen MR) is 62.4 cm³/mol. The Morgan fingerprint density at radius 2 is 2.18 bits per heavy atom. The molecule has 0 fully saturated rings. The number of nitrogens with two attached hydrogens (primary N) is 1. The first-order valence-corrected chi connectivity index (χ1v) is 5.88. The van der Waals surface area contributed by atoms with Crippen LogP contribution in [0, 0.1) is 18.6 Å². The molecule has 0 bridgehead atoms. The van der Waals surface area contributed by atoms with Gasteiger partial charge in [0, 0.05) is 10.9 Å².